The third-order valence-electron chi connectivity index (χ3n) is 7.40. The molecule has 0 aromatic heterocycles. The molecule has 1 saturated heterocycles. The van der Waals surface area contributed by atoms with Gasteiger partial charge in [0.2, 0.25) is 5.91 Å². The molecule has 8 nitrogen and oxygen atoms in total. The Labute approximate surface area is 194 Å². The first-order valence-electron chi connectivity index (χ1n) is 12.5. The Morgan fingerprint density at radius 2 is 1.91 bits per heavy atom. The van der Waals surface area contributed by atoms with Gasteiger partial charge in [-0.15, -0.1) is 0 Å². The van der Waals surface area contributed by atoms with Gasteiger partial charge in [-0.25, -0.2) is 4.79 Å². The molecule has 4 aliphatic rings. The van der Waals surface area contributed by atoms with Gasteiger partial charge in [0.15, 0.2) is 0 Å². The number of amides is 3. The smallest absolute Gasteiger partial charge is 0.319 e. The van der Waals surface area contributed by atoms with E-state index in [1.54, 1.807) is 0 Å². The van der Waals surface area contributed by atoms with E-state index in [0.29, 0.717) is 12.3 Å². The average Bonchev–Trinajstić information content (AvgIpc) is 3.58. The number of carbonyl (C=O) groups excluding carboxylic acids is 2. The van der Waals surface area contributed by atoms with Gasteiger partial charge in [-0.2, -0.15) is 0 Å². The highest BCUT2D eigenvalue weighted by molar-refractivity contribution is 5.89. The second-order valence-corrected chi connectivity index (χ2v) is 10.0. The van der Waals surface area contributed by atoms with Gasteiger partial charge in [-0.3, -0.25) is 4.79 Å². The maximum absolute atomic E-state index is 12.5. The maximum Gasteiger partial charge on any atom is 0.319 e. The van der Waals surface area contributed by atoms with Gasteiger partial charge in [-0.1, -0.05) is 19.3 Å². The van der Waals surface area contributed by atoms with Crippen LogP contribution in [0.1, 0.15) is 69.3 Å². The Bertz CT molecular complexity index is 868. The fraction of sp³-hybridized carbons (Fsp3) is 0.680. The highest BCUT2D eigenvalue weighted by atomic mass is 16.6. The molecule has 1 aromatic rings. The van der Waals surface area contributed by atoms with Crippen molar-refractivity contribution in [3.05, 3.63) is 23.8 Å². The second kappa shape index (κ2) is 9.89. The molecule has 2 aliphatic carbocycles. The van der Waals surface area contributed by atoms with E-state index in [2.05, 4.69) is 16.0 Å². The zero-order chi connectivity index (χ0) is 22.8. The molecule has 4 N–H and O–H groups in total. The molecule has 1 aromatic carbocycles. The zero-order valence-electron chi connectivity index (χ0n) is 19.1. The molecule has 4 atom stereocenters. The molecule has 0 radical (unpaired) electrons. The Morgan fingerprint density at radius 1 is 1.09 bits per heavy atom. The van der Waals surface area contributed by atoms with E-state index in [-0.39, 0.29) is 49.1 Å². The lowest BCUT2D eigenvalue weighted by molar-refractivity contribution is -0.142. The molecule has 2 heterocycles. The summed E-state index contributed by atoms with van der Waals surface area (Å²) < 4.78 is 12.2. The summed E-state index contributed by atoms with van der Waals surface area (Å²) in [6.07, 6.45) is 7.91. The molecule has 3 fully saturated rings. The minimum Gasteiger partial charge on any atom is -0.487 e. The monoisotopic (exact) mass is 457 g/mol. The lowest BCUT2D eigenvalue weighted by atomic mass is 9.84. The van der Waals surface area contributed by atoms with E-state index in [1.807, 2.05) is 18.2 Å². The first-order valence-corrected chi connectivity index (χ1v) is 12.5. The molecular weight excluding hydrogens is 422 g/mol. The van der Waals surface area contributed by atoms with Crippen LogP contribution >= 0.6 is 0 Å². The normalized spacial score (nSPS) is 28.9. The van der Waals surface area contributed by atoms with Crippen LogP contribution in [0.3, 0.4) is 0 Å². The molecule has 0 bridgehead atoms. The lowest BCUT2D eigenvalue weighted by Crippen LogP contribution is -2.47. The van der Waals surface area contributed by atoms with Crippen LogP contribution in [0.5, 0.6) is 5.75 Å². The second-order valence-electron chi connectivity index (χ2n) is 10.0. The van der Waals surface area contributed by atoms with E-state index >= 15 is 0 Å². The standard InChI is InChI=1S/C25H35N3O5/c29-14-22-24-20(11-18(32-22)12-23(30)26-13-15-6-7-15)19-10-17(8-9-21(19)33-24)28-25(31)27-16-4-2-1-3-5-16/h8-10,15-16,18,20,22,24,29H,1-7,11-14H2,(H,26,30)(H2,27,28,31)/t18-,20-,22-,24+/m1/s1. The van der Waals surface area contributed by atoms with E-state index in [9.17, 15) is 14.7 Å². The van der Waals surface area contributed by atoms with Crippen LogP contribution in [0.2, 0.25) is 0 Å². The van der Waals surface area contributed by atoms with Crippen molar-refractivity contribution in [2.75, 3.05) is 18.5 Å². The van der Waals surface area contributed by atoms with Gasteiger partial charge in [-0.05, 0) is 56.2 Å². The third-order valence-corrected chi connectivity index (χ3v) is 7.40. The molecule has 2 aliphatic heterocycles. The average molecular weight is 458 g/mol. The highest BCUT2D eigenvalue weighted by Gasteiger charge is 2.46. The number of aliphatic hydroxyl groups excluding tert-OH is 1. The predicted molar refractivity (Wildman–Crippen MR) is 123 cm³/mol. The number of carbonyl (C=O) groups is 2. The van der Waals surface area contributed by atoms with Crippen molar-refractivity contribution >= 4 is 17.6 Å². The summed E-state index contributed by atoms with van der Waals surface area (Å²) in [6.45, 7) is 0.579. The summed E-state index contributed by atoms with van der Waals surface area (Å²) in [5.74, 6) is 1.39. The van der Waals surface area contributed by atoms with Gasteiger partial charge in [0.25, 0.3) is 0 Å². The first-order chi connectivity index (χ1) is 16.1. The summed E-state index contributed by atoms with van der Waals surface area (Å²) >= 11 is 0. The number of nitrogens with one attached hydrogen (secondary N) is 3. The molecular formula is C25H35N3O5. The molecule has 3 amide bonds. The van der Waals surface area contributed by atoms with Crippen molar-refractivity contribution < 1.29 is 24.2 Å². The van der Waals surface area contributed by atoms with Crippen LogP contribution < -0.4 is 20.7 Å². The molecule has 0 unspecified atom stereocenters. The zero-order valence-corrected chi connectivity index (χ0v) is 19.1. The number of benzene rings is 1. The maximum atomic E-state index is 12.5. The van der Waals surface area contributed by atoms with Crippen LogP contribution in [-0.4, -0.2) is 54.6 Å². The Balaban J connectivity index is 1.23. The van der Waals surface area contributed by atoms with Gasteiger partial charge in [0.05, 0.1) is 19.1 Å². The first kappa shape index (κ1) is 22.5. The number of rotatable bonds is 7. The van der Waals surface area contributed by atoms with E-state index in [1.165, 1.54) is 19.3 Å². The predicted octanol–water partition coefficient (Wildman–Crippen LogP) is 3.05. The van der Waals surface area contributed by atoms with Crippen LogP contribution in [0.4, 0.5) is 10.5 Å². The highest BCUT2D eigenvalue weighted by Crippen LogP contribution is 2.47. The number of fused-ring (bicyclic) bond motifs is 3. The number of hydrogen-bond acceptors (Lipinski definition) is 5. The molecule has 8 heteroatoms. The van der Waals surface area contributed by atoms with Crippen LogP contribution in [0.25, 0.3) is 0 Å². The van der Waals surface area contributed by atoms with Crippen molar-refractivity contribution in [2.24, 2.45) is 5.92 Å². The van der Waals surface area contributed by atoms with E-state index in [4.69, 9.17) is 9.47 Å². The summed E-state index contributed by atoms with van der Waals surface area (Å²) in [7, 11) is 0. The largest absolute Gasteiger partial charge is 0.487 e. The quantitative estimate of drug-likeness (QED) is 0.503. The van der Waals surface area contributed by atoms with Gasteiger partial charge >= 0.3 is 6.03 Å². The van der Waals surface area contributed by atoms with Crippen molar-refractivity contribution in [2.45, 2.75) is 88.1 Å². The SMILES string of the molecule is O=C(C[C@H]1C[C@@H]2c3cc(NC(=O)NC4CCCCC4)ccc3O[C@@H]2[C@@H](CO)O1)NCC1CC1. The van der Waals surface area contributed by atoms with Gasteiger partial charge in [0, 0.05) is 29.8 Å². The number of urea groups is 1. The van der Waals surface area contributed by atoms with Crippen molar-refractivity contribution in [3.8, 4) is 5.75 Å². The van der Waals surface area contributed by atoms with Crippen LogP contribution in [-0.2, 0) is 9.53 Å². The van der Waals surface area contributed by atoms with Crippen molar-refractivity contribution in [3.63, 3.8) is 0 Å². The molecule has 33 heavy (non-hydrogen) atoms. The fourth-order valence-electron chi connectivity index (χ4n) is 5.43. The molecule has 0 spiro atoms. The summed E-state index contributed by atoms with van der Waals surface area (Å²) in [5, 5.41) is 19.0. The Hall–Kier alpha value is -2.32. The van der Waals surface area contributed by atoms with Gasteiger partial charge in [0.1, 0.15) is 18.0 Å². The van der Waals surface area contributed by atoms with Crippen molar-refractivity contribution in [1.82, 2.24) is 10.6 Å². The summed E-state index contributed by atoms with van der Waals surface area (Å²) in [6, 6.07) is 5.74. The Kier molecular flexibility index (Phi) is 6.74. The number of anilines is 1. The summed E-state index contributed by atoms with van der Waals surface area (Å²) in [4.78, 5) is 24.9. The molecule has 2 saturated carbocycles. The minimum atomic E-state index is -0.483. The number of hydrogen-bond donors (Lipinski definition) is 4. The molecule has 5 rings (SSSR count). The van der Waals surface area contributed by atoms with E-state index < -0.39 is 6.10 Å². The van der Waals surface area contributed by atoms with Crippen molar-refractivity contribution in [1.29, 1.82) is 0 Å². The summed E-state index contributed by atoms with van der Waals surface area (Å²) in [5.41, 5.74) is 1.72. The topological polar surface area (TPSA) is 109 Å². The minimum absolute atomic E-state index is 0.00372. The number of ether oxygens (including phenoxy) is 2. The van der Waals surface area contributed by atoms with E-state index in [0.717, 1.165) is 49.2 Å². The van der Waals surface area contributed by atoms with Crippen LogP contribution in [0.15, 0.2) is 18.2 Å². The number of aliphatic hydroxyl groups is 1. The lowest BCUT2D eigenvalue weighted by Gasteiger charge is -2.37. The third kappa shape index (κ3) is 5.44. The molecule has 180 valence electrons. The van der Waals surface area contributed by atoms with Crippen LogP contribution in [0, 0.1) is 5.92 Å². The van der Waals surface area contributed by atoms with Gasteiger partial charge < -0.3 is 30.5 Å². The fourth-order valence-corrected chi connectivity index (χ4v) is 5.43. The Morgan fingerprint density at radius 3 is 2.67 bits per heavy atom.